The highest BCUT2D eigenvalue weighted by Crippen LogP contribution is 2.33. The second-order valence-electron chi connectivity index (χ2n) is 7.78. The van der Waals surface area contributed by atoms with Crippen LogP contribution in [0.4, 0.5) is 5.69 Å². The number of hydrogen-bond donors (Lipinski definition) is 1. The molecule has 2 aromatic rings. The van der Waals surface area contributed by atoms with Crippen LogP contribution in [0.1, 0.15) is 18.4 Å². The van der Waals surface area contributed by atoms with Crippen LogP contribution in [0.2, 0.25) is 0 Å². The molecule has 33 heavy (non-hydrogen) atoms. The van der Waals surface area contributed by atoms with E-state index in [9.17, 15) is 13.2 Å². The smallest absolute Gasteiger partial charge is 0.260 e. The van der Waals surface area contributed by atoms with Gasteiger partial charge in [-0.05, 0) is 17.7 Å². The minimum atomic E-state index is -3.77. The molecule has 2 aromatic carbocycles. The highest BCUT2D eigenvalue weighted by atomic mass is 32.2. The molecule has 1 N–H and O–H groups in total. The van der Waals surface area contributed by atoms with E-state index >= 15 is 0 Å². The van der Waals surface area contributed by atoms with Gasteiger partial charge in [0.2, 0.25) is 10.0 Å². The van der Waals surface area contributed by atoms with Crippen LogP contribution in [0, 0.1) is 0 Å². The Morgan fingerprint density at radius 3 is 2.39 bits per heavy atom. The Morgan fingerprint density at radius 2 is 1.79 bits per heavy atom. The zero-order valence-corrected chi connectivity index (χ0v) is 20.0. The van der Waals surface area contributed by atoms with Crippen molar-refractivity contribution in [3.8, 4) is 11.5 Å². The molecule has 9 nitrogen and oxygen atoms in total. The van der Waals surface area contributed by atoms with Crippen molar-refractivity contribution in [2.45, 2.75) is 19.4 Å². The van der Waals surface area contributed by atoms with E-state index in [0.29, 0.717) is 11.5 Å². The SMILES string of the molecule is COc1ccc(OC)c(N(CC(=O)NN=C2CCN(Cc3ccccc3)CC2)S(C)(=O)=O)c1. The number of amides is 1. The lowest BCUT2D eigenvalue weighted by molar-refractivity contribution is -0.119. The predicted octanol–water partition coefficient (Wildman–Crippen LogP) is 2.24. The molecule has 3 rings (SSSR count). The van der Waals surface area contributed by atoms with Gasteiger partial charge in [-0.2, -0.15) is 5.10 Å². The molecule has 0 bridgehead atoms. The number of ether oxygens (including phenoxy) is 2. The van der Waals surface area contributed by atoms with E-state index in [1.54, 1.807) is 12.1 Å². The number of hydrazone groups is 1. The largest absolute Gasteiger partial charge is 0.497 e. The maximum absolute atomic E-state index is 12.6. The summed E-state index contributed by atoms with van der Waals surface area (Å²) in [5.74, 6) is 0.220. The summed E-state index contributed by atoms with van der Waals surface area (Å²) in [7, 11) is -0.860. The molecular formula is C23H30N4O5S. The van der Waals surface area contributed by atoms with Gasteiger partial charge in [0.05, 0.1) is 26.2 Å². The van der Waals surface area contributed by atoms with E-state index in [4.69, 9.17) is 9.47 Å². The first-order valence-electron chi connectivity index (χ1n) is 10.6. The number of sulfonamides is 1. The van der Waals surface area contributed by atoms with Gasteiger partial charge in [0.15, 0.2) is 0 Å². The number of nitrogens with one attached hydrogen (secondary N) is 1. The molecule has 1 aliphatic heterocycles. The Bertz CT molecular complexity index is 1080. The number of carbonyl (C=O) groups excluding carboxylic acids is 1. The van der Waals surface area contributed by atoms with Gasteiger partial charge in [-0.15, -0.1) is 0 Å². The zero-order valence-electron chi connectivity index (χ0n) is 19.2. The number of benzene rings is 2. The molecule has 0 spiro atoms. The Kier molecular flexibility index (Phi) is 8.29. The van der Waals surface area contributed by atoms with Crippen molar-refractivity contribution in [2.75, 3.05) is 44.4 Å². The number of carbonyl (C=O) groups is 1. The van der Waals surface area contributed by atoms with E-state index in [1.165, 1.54) is 25.8 Å². The van der Waals surface area contributed by atoms with Gasteiger partial charge in [-0.3, -0.25) is 14.0 Å². The van der Waals surface area contributed by atoms with Crippen LogP contribution in [-0.4, -0.2) is 65.0 Å². The molecule has 1 amide bonds. The van der Waals surface area contributed by atoms with Gasteiger partial charge in [0.25, 0.3) is 5.91 Å². The Hall–Kier alpha value is -3.11. The Balaban J connectivity index is 1.61. The highest BCUT2D eigenvalue weighted by molar-refractivity contribution is 7.92. The van der Waals surface area contributed by atoms with Gasteiger partial charge < -0.3 is 9.47 Å². The summed E-state index contributed by atoms with van der Waals surface area (Å²) >= 11 is 0. The van der Waals surface area contributed by atoms with Crippen LogP contribution < -0.4 is 19.2 Å². The van der Waals surface area contributed by atoms with Crippen LogP contribution in [0.15, 0.2) is 53.6 Å². The highest BCUT2D eigenvalue weighted by Gasteiger charge is 2.25. The Morgan fingerprint density at radius 1 is 1.09 bits per heavy atom. The van der Waals surface area contributed by atoms with Crippen molar-refractivity contribution < 1.29 is 22.7 Å². The first kappa shape index (κ1) is 24.5. The van der Waals surface area contributed by atoms with Crippen LogP contribution >= 0.6 is 0 Å². The van der Waals surface area contributed by atoms with Crippen molar-refractivity contribution in [2.24, 2.45) is 5.10 Å². The second kappa shape index (κ2) is 11.2. The quantitative estimate of drug-likeness (QED) is 0.560. The molecule has 0 saturated carbocycles. The molecule has 1 fully saturated rings. The fraction of sp³-hybridized carbons (Fsp3) is 0.391. The number of likely N-dealkylation sites (tertiary alicyclic amines) is 1. The minimum Gasteiger partial charge on any atom is -0.497 e. The van der Waals surface area contributed by atoms with Crippen LogP contribution in [-0.2, 0) is 21.4 Å². The Labute approximate surface area is 195 Å². The molecule has 0 aliphatic carbocycles. The monoisotopic (exact) mass is 474 g/mol. The van der Waals surface area contributed by atoms with Crippen molar-refractivity contribution >= 4 is 27.3 Å². The average molecular weight is 475 g/mol. The van der Waals surface area contributed by atoms with Crippen LogP contribution in [0.3, 0.4) is 0 Å². The lowest BCUT2D eigenvalue weighted by Crippen LogP contribution is -2.40. The van der Waals surface area contributed by atoms with Gasteiger partial charge in [0, 0.05) is 44.3 Å². The summed E-state index contributed by atoms with van der Waals surface area (Å²) < 4.78 is 36.3. The number of piperidine rings is 1. The number of methoxy groups -OCH3 is 2. The molecular weight excluding hydrogens is 444 g/mol. The van der Waals surface area contributed by atoms with Crippen molar-refractivity contribution in [3.05, 3.63) is 54.1 Å². The molecule has 178 valence electrons. The zero-order chi connectivity index (χ0) is 23.8. The van der Waals surface area contributed by atoms with Gasteiger partial charge in [0.1, 0.15) is 18.0 Å². The summed E-state index contributed by atoms with van der Waals surface area (Å²) in [6.07, 6.45) is 2.52. The molecule has 0 atom stereocenters. The van der Waals surface area contributed by atoms with Crippen molar-refractivity contribution in [3.63, 3.8) is 0 Å². The summed E-state index contributed by atoms with van der Waals surface area (Å²) in [4.78, 5) is 14.9. The maximum atomic E-state index is 12.6. The number of anilines is 1. The lowest BCUT2D eigenvalue weighted by Gasteiger charge is -2.27. The van der Waals surface area contributed by atoms with Gasteiger partial charge in [-0.1, -0.05) is 30.3 Å². The van der Waals surface area contributed by atoms with Gasteiger partial charge in [-0.25, -0.2) is 13.8 Å². The van der Waals surface area contributed by atoms with E-state index in [-0.39, 0.29) is 5.69 Å². The molecule has 1 heterocycles. The number of nitrogens with zero attached hydrogens (tertiary/aromatic N) is 3. The summed E-state index contributed by atoms with van der Waals surface area (Å²) in [6.45, 7) is 2.14. The first-order chi connectivity index (χ1) is 15.8. The van der Waals surface area contributed by atoms with Crippen LogP contribution in [0.25, 0.3) is 0 Å². The van der Waals surface area contributed by atoms with Crippen LogP contribution in [0.5, 0.6) is 11.5 Å². The third-order valence-electron chi connectivity index (χ3n) is 5.36. The summed E-state index contributed by atoms with van der Waals surface area (Å²) in [6, 6.07) is 15.0. The normalized spacial score (nSPS) is 14.5. The van der Waals surface area contributed by atoms with E-state index in [1.807, 2.05) is 18.2 Å². The molecule has 0 radical (unpaired) electrons. The molecule has 10 heteroatoms. The molecule has 0 unspecified atom stereocenters. The third kappa shape index (κ3) is 6.93. The average Bonchev–Trinajstić information content (AvgIpc) is 2.81. The van der Waals surface area contributed by atoms with Crippen molar-refractivity contribution in [1.82, 2.24) is 10.3 Å². The maximum Gasteiger partial charge on any atom is 0.260 e. The molecule has 0 aromatic heterocycles. The summed E-state index contributed by atoms with van der Waals surface area (Å²) in [5, 5.41) is 4.24. The fourth-order valence-electron chi connectivity index (χ4n) is 3.60. The minimum absolute atomic E-state index is 0.219. The summed E-state index contributed by atoms with van der Waals surface area (Å²) in [5.41, 5.74) is 4.88. The standard InChI is InChI=1S/C23H30N4O5S/c1-31-20-9-10-22(32-2)21(15-20)27(33(3,29)30)17-23(28)25-24-19-11-13-26(14-12-19)16-18-7-5-4-6-8-18/h4-10,15H,11-14,16-17H2,1-3H3,(H,25,28). The van der Waals surface area contributed by atoms with Crippen molar-refractivity contribution in [1.29, 1.82) is 0 Å². The second-order valence-corrected chi connectivity index (χ2v) is 9.69. The number of rotatable bonds is 9. The van der Waals surface area contributed by atoms with E-state index < -0.39 is 22.5 Å². The lowest BCUT2D eigenvalue weighted by atomic mass is 10.1. The van der Waals surface area contributed by atoms with Gasteiger partial charge >= 0.3 is 0 Å². The fourth-order valence-corrected chi connectivity index (χ4v) is 4.45. The third-order valence-corrected chi connectivity index (χ3v) is 6.49. The van der Waals surface area contributed by atoms with E-state index in [2.05, 4.69) is 27.6 Å². The first-order valence-corrected chi connectivity index (χ1v) is 12.4. The number of hydrogen-bond acceptors (Lipinski definition) is 7. The molecule has 1 saturated heterocycles. The topological polar surface area (TPSA) is 101 Å². The molecule has 1 aliphatic rings. The predicted molar refractivity (Wildman–Crippen MR) is 128 cm³/mol. The van der Waals surface area contributed by atoms with E-state index in [0.717, 1.165) is 48.7 Å².